The maximum Gasteiger partial charge on any atom is 0.251 e. The second-order valence-corrected chi connectivity index (χ2v) is 5.06. The van der Waals surface area contributed by atoms with Crippen molar-refractivity contribution in [2.24, 2.45) is 0 Å². The van der Waals surface area contributed by atoms with Crippen LogP contribution in [0.3, 0.4) is 0 Å². The van der Waals surface area contributed by atoms with Crippen LogP contribution in [0.1, 0.15) is 28.4 Å². The van der Waals surface area contributed by atoms with E-state index in [-0.39, 0.29) is 5.91 Å². The van der Waals surface area contributed by atoms with E-state index >= 15 is 0 Å². The fourth-order valence-electron chi connectivity index (χ4n) is 1.98. The summed E-state index contributed by atoms with van der Waals surface area (Å²) < 4.78 is 4.92. The normalized spacial score (nSPS) is 12.0. The minimum atomic E-state index is -0.628. The van der Waals surface area contributed by atoms with Crippen molar-refractivity contribution in [2.75, 3.05) is 25.5 Å². The zero-order chi connectivity index (χ0) is 15.2. The lowest BCUT2D eigenvalue weighted by molar-refractivity contribution is 0.0942. The van der Waals surface area contributed by atoms with Gasteiger partial charge in [0.15, 0.2) is 0 Å². The number of amides is 1. The Hall–Kier alpha value is -2.27. The monoisotopic (exact) mass is 288 g/mol. The van der Waals surface area contributed by atoms with Crippen molar-refractivity contribution in [1.29, 1.82) is 0 Å². The average molecular weight is 288 g/mol. The van der Waals surface area contributed by atoms with Gasteiger partial charge in [-0.25, -0.2) is 0 Å². The summed E-state index contributed by atoms with van der Waals surface area (Å²) in [7, 11) is 3.86. The van der Waals surface area contributed by atoms with E-state index in [1.807, 2.05) is 37.2 Å². The molecule has 2 aromatic rings. The molecule has 0 aliphatic rings. The van der Waals surface area contributed by atoms with Gasteiger partial charge in [-0.3, -0.25) is 4.79 Å². The van der Waals surface area contributed by atoms with Gasteiger partial charge in [-0.2, -0.15) is 0 Å². The highest BCUT2D eigenvalue weighted by atomic mass is 16.3. The first-order valence-corrected chi connectivity index (χ1v) is 6.83. The summed E-state index contributed by atoms with van der Waals surface area (Å²) in [6.45, 7) is 0.400. The molecule has 0 radical (unpaired) electrons. The first-order chi connectivity index (χ1) is 10.1. The Balaban J connectivity index is 1.86. The number of benzene rings is 1. The van der Waals surface area contributed by atoms with Crippen LogP contribution in [0.15, 0.2) is 47.3 Å². The number of carbonyl (C=O) groups excluding carboxylic acids is 1. The number of furan rings is 1. The van der Waals surface area contributed by atoms with Gasteiger partial charge in [0.1, 0.15) is 0 Å². The van der Waals surface area contributed by atoms with Gasteiger partial charge >= 0.3 is 0 Å². The van der Waals surface area contributed by atoms with Crippen molar-refractivity contribution in [3.63, 3.8) is 0 Å². The molecule has 1 heterocycles. The maximum absolute atomic E-state index is 12.1. The zero-order valence-corrected chi connectivity index (χ0v) is 12.2. The van der Waals surface area contributed by atoms with E-state index in [4.69, 9.17) is 4.42 Å². The second-order valence-electron chi connectivity index (χ2n) is 5.06. The van der Waals surface area contributed by atoms with E-state index in [9.17, 15) is 9.90 Å². The number of nitrogens with zero attached hydrogens (tertiary/aromatic N) is 1. The van der Waals surface area contributed by atoms with Crippen molar-refractivity contribution in [3.8, 4) is 0 Å². The molecule has 21 heavy (non-hydrogen) atoms. The average Bonchev–Trinajstić information content (AvgIpc) is 3.01. The molecular weight excluding hydrogens is 268 g/mol. The summed E-state index contributed by atoms with van der Waals surface area (Å²) in [5.74, 6) is -0.141. The van der Waals surface area contributed by atoms with Gasteiger partial charge in [-0.1, -0.05) is 6.07 Å². The van der Waals surface area contributed by atoms with Crippen molar-refractivity contribution in [2.45, 2.75) is 12.5 Å². The van der Waals surface area contributed by atoms with E-state index < -0.39 is 6.10 Å². The zero-order valence-electron chi connectivity index (χ0n) is 12.2. The number of carbonyl (C=O) groups is 1. The molecule has 1 atom stereocenters. The molecule has 0 saturated heterocycles. The van der Waals surface area contributed by atoms with Crippen LogP contribution in [0.2, 0.25) is 0 Å². The summed E-state index contributed by atoms with van der Waals surface area (Å²) in [5, 5.41) is 12.7. The van der Waals surface area contributed by atoms with Crippen LogP contribution in [-0.4, -0.2) is 31.7 Å². The van der Waals surface area contributed by atoms with E-state index in [1.165, 1.54) is 12.5 Å². The number of aliphatic hydroxyl groups is 1. The molecule has 2 rings (SSSR count). The first-order valence-electron chi connectivity index (χ1n) is 6.83. The maximum atomic E-state index is 12.1. The van der Waals surface area contributed by atoms with Gasteiger partial charge in [0, 0.05) is 37.5 Å². The Bertz CT molecular complexity index is 579. The number of hydrogen-bond donors (Lipinski definition) is 2. The number of hydrogen-bond acceptors (Lipinski definition) is 4. The van der Waals surface area contributed by atoms with E-state index in [0.717, 1.165) is 11.3 Å². The Labute approximate surface area is 124 Å². The lowest BCUT2D eigenvalue weighted by Gasteiger charge is -2.14. The van der Waals surface area contributed by atoms with Crippen LogP contribution < -0.4 is 10.2 Å². The Morgan fingerprint density at radius 3 is 2.86 bits per heavy atom. The SMILES string of the molecule is CN(C)c1cccc(C(=O)NCC[C@@H](O)c2ccoc2)c1. The highest BCUT2D eigenvalue weighted by molar-refractivity contribution is 5.95. The standard InChI is InChI=1S/C16H20N2O3/c1-18(2)14-5-3-4-12(10-14)16(20)17-8-6-15(19)13-7-9-21-11-13/h3-5,7,9-11,15,19H,6,8H2,1-2H3,(H,17,20)/t15-/m1/s1. The van der Waals surface area contributed by atoms with Crippen LogP contribution in [0, 0.1) is 0 Å². The molecular formula is C16H20N2O3. The van der Waals surface area contributed by atoms with Crippen LogP contribution in [0.5, 0.6) is 0 Å². The molecule has 0 unspecified atom stereocenters. The molecule has 0 aliphatic heterocycles. The van der Waals surface area contributed by atoms with Crippen LogP contribution in [0.4, 0.5) is 5.69 Å². The minimum absolute atomic E-state index is 0.141. The minimum Gasteiger partial charge on any atom is -0.472 e. The molecule has 2 N–H and O–H groups in total. The van der Waals surface area contributed by atoms with Gasteiger partial charge in [0.05, 0.1) is 18.6 Å². The quantitative estimate of drug-likeness (QED) is 0.855. The highest BCUT2D eigenvalue weighted by Gasteiger charge is 2.10. The topological polar surface area (TPSA) is 65.7 Å². The molecule has 5 nitrogen and oxygen atoms in total. The van der Waals surface area contributed by atoms with Crippen LogP contribution >= 0.6 is 0 Å². The Morgan fingerprint density at radius 2 is 2.19 bits per heavy atom. The summed E-state index contributed by atoms with van der Waals surface area (Å²) in [6.07, 6.45) is 2.84. The first kappa shape index (κ1) is 15.1. The van der Waals surface area contributed by atoms with Crippen LogP contribution in [0.25, 0.3) is 0 Å². The van der Waals surface area contributed by atoms with Crippen molar-refractivity contribution >= 4 is 11.6 Å². The summed E-state index contributed by atoms with van der Waals surface area (Å²) >= 11 is 0. The highest BCUT2D eigenvalue weighted by Crippen LogP contribution is 2.16. The number of nitrogens with one attached hydrogen (secondary N) is 1. The smallest absolute Gasteiger partial charge is 0.251 e. The van der Waals surface area contributed by atoms with Crippen molar-refractivity contribution in [1.82, 2.24) is 5.32 Å². The molecule has 0 saturated carbocycles. The summed E-state index contributed by atoms with van der Waals surface area (Å²) in [6, 6.07) is 9.12. The number of aliphatic hydroxyl groups excluding tert-OH is 1. The van der Waals surface area contributed by atoms with Gasteiger partial charge in [-0.05, 0) is 30.7 Å². The number of rotatable bonds is 6. The Kier molecular flexibility index (Phi) is 5.00. The van der Waals surface area contributed by atoms with Crippen molar-refractivity contribution < 1.29 is 14.3 Å². The van der Waals surface area contributed by atoms with Gasteiger partial charge in [0.2, 0.25) is 0 Å². The summed E-state index contributed by atoms with van der Waals surface area (Å²) in [5.41, 5.74) is 2.30. The largest absolute Gasteiger partial charge is 0.472 e. The molecule has 0 spiro atoms. The fraction of sp³-hybridized carbons (Fsp3) is 0.312. The van der Waals surface area contributed by atoms with E-state index in [2.05, 4.69) is 5.32 Å². The predicted molar refractivity (Wildman–Crippen MR) is 81.4 cm³/mol. The third kappa shape index (κ3) is 4.10. The fourth-order valence-corrected chi connectivity index (χ4v) is 1.98. The van der Waals surface area contributed by atoms with Gasteiger partial charge in [0.25, 0.3) is 5.91 Å². The summed E-state index contributed by atoms with van der Waals surface area (Å²) in [4.78, 5) is 14.0. The molecule has 5 heteroatoms. The van der Waals surface area contributed by atoms with E-state index in [1.54, 1.807) is 12.1 Å². The lowest BCUT2D eigenvalue weighted by atomic mass is 10.1. The number of anilines is 1. The van der Waals surface area contributed by atoms with E-state index in [0.29, 0.717) is 18.5 Å². The Morgan fingerprint density at radius 1 is 1.38 bits per heavy atom. The molecule has 112 valence electrons. The third-order valence-corrected chi connectivity index (χ3v) is 3.26. The van der Waals surface area contributed by atoms with Gasteiger partial charge in [-0.15, -0.1) is 0 Å². The molecule has 0 fully saturated rings. The molecule has 1 aromatic carbocycles. The van der Waals surface area contributed by atoms with Crippen LogP contribution in [-0.2, 0) is 0 Å². The molecule has 1 amide bonds. The van der Waals surface area contributed by atoms with Crippen molar-refractivity contribution in [3.05, 3.63) is 54.0 Å². The lowest BCUT2D eigenvalue weighted by Crippen LogP contribution is -2.25. The molecule has 0 aliphatic carbocycles. The molecule has 0 bridgehead atoms. The second kappa shape index (κ2) is 6.95. The predicted octanol–water partition coefficient (Wildman–Crippen LogP) is 2.20. The molecule has 1 aromatic heterocycles. The van der Waals surface area contributed by atoms with Gasteiger partial charge < -0.3 is 19.7 Å². The third-order valence-electron chi connectivity index (χ3n) is 3.26.